The molecule has 0 spiro atoms. The van der Waals surface area contributed by atoms with E-state index in [9.17, 15) is 14.4 Å². The number of hydrogen-bond acceptors (Lipinski definition) is 6. The first-order valence-electron chi connectivity index (χ1n) is 5.11. The number of carbonyl (C=O) groups is 3. The standard InChI is InChI=1S/C11H16O6/c1-3-9(12)16-7-4-8-17-11(14)6-5-10(13)15-2/h3H,1,4-8H2,2H3. The van der Waals surface area contributed by atoms with Crippen LogP contribution in [0, 0.1) is 0 Å². The highest BCUT2D eigenvalue weighted by molar-refractivity contribution is 5.81. The molecular formula is C11H16O6. The Morgan fingerprint density at radius 3 is 2.24 bits per heavy atom. The Hall–Kier alpha value is -1.85. The maximum absolute atomic E-state index is 11.1. The van der Waals surface area contributed by atoms with Gasteiger partial charge in [-0.05, 0) is 0 Å². The molecule has 6 heteroatoms. The van der Waals surface area contributed by atoms with Crippen molar-refractivity contribution in [2.24, 2.45) is 0 Å². The van der Waals surface area contributed by atoms with E-state index in [0.717, 1.165) is 6.08 Å². The number of ether oxygens (including phenoxy) is 3. The first-order chi connectivity index (χ1) is 8.10. The average molecular weight is 244 g/mol. The monoisotopic (exact) mass is 244 g/mol. The maximum atomic E-state index is 11.1. The van der Waals surface area contributed by atoms with Gasteiger partial charge in [0.05, 0.1) is 33.2 Å². The molecule has 0 radical (unpaired) electrons. The fraction of sp³-hybridized carbons (Fsp3) is 0.545. The second kappa shape index (κ2) is 9.38. The summed E-state index contributed by atoms with van der Waals surface area (Å²) in [7, 11) is 1.25. The van der Waals surface area contributed by atoms with Crippen LogP contribution in [0.5, 0.6) is 0 Å². The van der Waals surface area contributed by atoms with Gasteiger partial charge in [0, 0.05) is 12.5 Å². The van der Waals surface area contributed by atoms with Gasteiger partial charge in [0.1, 0.15) is 0 Å². The normalized spacial score (nSPS) is 9.24. The van der Waals surface area contributed by atoms with Crippen LogP contribution in [-0.4, -0.2) is 38.2 Å². The lowest BCUT2D eigenvalue weighted by Crippen LogP contribution is -2.11. The quantitative estimate of drug-likeness (QED) is 0.269. The van der Waals surface area contributed by atoms with Crippen molar-refractivity contribution in [1.29, 1.82) is 0 Å². The molecule has 0 rings (SSSR count). The van der Waals surface area contributed by atoms with E-state index in [1.54, 1.807) is 0 Å². The first kappa shape index (κ1) is 15.2. The van der Waals surface area contributed by atoms with Crippen molar-refractivity contribution in [3.05, 3.63) is 12.7 Å². The Balaban J connectivity index is 3.42. The SMILES string of the molecule is C=CC(=O)OCCCOC(=O)CCC(=O)OC. The van der Waals surface area contributed by atoms with E-state index in [-0.39, 0.29) is 26.1 Å². The van der Waals surface area contributed by atoms with E-state index in [1.165, 1.54) is 7.11 Å². The van der Waals surface area contributed by atoms with Crippen LogP contribution in [0.15, 0.2) is 12.7 Å². The number of carbonyl (C=O) groups excluding carboxylic acids is 3. The van der Waals surface area contributed by atoms with Gasteiger partial charge in [-0.25, -0.2) is 4.79 Å². The topological polar surface area (TPSA) is 78.9 Å². The van der Waals surface area contributed by atoms with Crippen molar-refractivity contribution in [1.82, 2.24) is 0 Å². The molecule has 0 saturated carbocycles. The molecule has 0 atom stereocenters. The number of hydrogen-bond donors (Lipinski definition) is 0. The van der Waals surface area contributed by atoms with E-state index in [1.807, 2.05) is 0 Å². The van der Waals surface area contributed by atoms with E-state index in [0.29, 0.717) is 6.42 Å². The summed E-state index contributed by atoms with van der Waals surface area (Å²) < 4.78 is 13.8. The third kappa shape index (κ3) is 9.10. The fourth-order valence-electron chi connectivity index (χ4n) is 0.855. The minimum atomic E-state index is -0.512. The van der Waals surface area contributed by atoms with Crippen molar-refractivity contribution in [3.63, 3.8) is 0 Å². The summed E-state index contributed by atoms with van der Waals surface area (Å²) >= 11 is 0. The molecule has 0 heterocycles. The van der Waals surface area contributed by atoms with Gasteiger partial charge in [-0.1, -0.05) is 6.58 Å². The fourth-order valence-corrected chi connectivity index (χ4v) is 0.855. The van der Waals surface area contributed by atoms with Crippen LogP contribution in [-0.2, 0) is 28.6 Å². The zero-order valence-corrected chi connectivity index (χ0v) is 9.77. The van der Waals surface area contributed by atoms with Crippen LogP contribution >= 0.6 is 0 Å². The third-order valence-corrected chi connectivity index (χ3v) is 1.72. The maximum Gasteiger partial charge on any atom is 0.330 e. The average Bonchev–Trinajstić information content (AvgIpc) is 2.34. The molecule has 0 aromatic rings. The summed E-state index contributed by atoms with van der Waals surface area (Å²) in [5.41, 5.74) is 0. The molecule has 0 aromatic heterocycles. The Kier molecular flexibility index (Phi) is 8.36. The van der Waals surface area contributed by atoms with Gasteiger partial charge < -0.3 is 14.2 Å². The molecule has 0 aromatic carbocycles. The highest BCUT2D eigenvalue weighted by atomic mass is 16.5. The molecule has 17 heavy (non-hydrogen) atoms. The molecule has 0 bridgehead atoms. The van der Waals surface area contributed by atoms with Gasteiger partial charge in [-0.3, -0.25) is 9.59 Å². The van der Waals surface area contributed by atoms with Crippen molar-refractivity contribution in [2.45, 2.75) is 19.3 Å². The van der Waals surface area contributed by atoms with Crippen LogP contribution in [0.1, 0.15) is 19.3 Å². The van der Waals surface area contributed by atoms with E-state index in [4.69, 9.17) is 4.74 Å². The van der Waals surface area contributed by atoms with Gasteiger partial charge >= 0.3 is 17.9 Å². The molecule has 0 N–H and O–H groups in total. The number of rotatable bonds is 8. The van der Waals surface area contributed by atoms with Gasteiger partial charge in [0.25, 0.3) is 0 Å². The number of esters is 3. The number of methoxy groups -OCH3 is 1. The predicted molar refractivity (Wildman–Crippen MR) is 58.0 cm³/mol. The van der Waals surface area contributed by atoms with Gasteiger partial charge in [-0.15, -0.1) is 0 Å². The predicted octanol–water partition coefficient (Wildman–Crippen LogP) is 0.602. The smallest absolute Gasteiger partial charge is 0.330 e. The summed E-state index contributed by atoms with van der Waals surface area (Å²) in [6.45, 7) is 3.54. The third-order valence-electron chi connectivity index (χ3n) is 1.72. The summed E-state index contributed by atoms with van der Waals surface area (Å²) in [6, 6.07) is 0. The lowest BCUT2D eigenvalue weighted by atomic mass is 10.3. The second-order valence-corrected chi connectivity index (χ2v) is 3.02. The first-order valence-corrected chi connectivity index (χ1v) is 5.11. The van der Waals surface area contributed by atoms with E-state index < -0.39 is 17.9 Å². The highest BCUT2D eigenvalue weighted by Crippen LogP contribution is 1.96. The van der Waals surface area contributed by atoms with E-state index in [2.05, 4.69) is 16.1 Å². The molecule has 0 saturated heterocycles. The van der Waals surface area contributed by atoms with Crippen LogP contribution in [0.4, 0.5) is 0 Å². The summed E-state index contributed by atoms with van der Waals surface area (Å²) in [4.78, 5) is 32.4. The summed E-state index contributed by atoms with van der Waals surface area (Å²) in [5, 5.41) is 0. The molecule has 0 aliphatic heterocycles. The largest absolute Gasteiger partial charge is 0.469 e. The minimum absolute atomic E-state index is 0.000777. The Morgan fingerprint density at radius 2 is 1.65 bits per heavy atom. The van der Waals surface area contributed by atoms with Crippen molar-refractivity contribution in [2.75, 3.05) is 20.3 Å². The molecule has 0 aliphatic carbocycles. The van der Waals surface area contributed by atoms with Crippen molar-refractivity contribution in [3.8, 4) is 0 Å². The minimum Gasteiger partial charge on any atom is -0.469 e. The van der Waals surface area contributed by atoms with Crippen molar-refractivity contribution >= 4 is 17.9 Å². The Morgan fingerprint density at radius 1 is 1.06 bits per heavy atom. The molecule has 96 valence electrons. The lowest BCUT2D eigenvalue weighted by molar-refractivity contribution is -0.149. The van der Waals surface area contributed by atoms with E-state index >= 15 is 0 Å². The molecule has 0 fully saturated rings. The Bertz CT molecular complexity index is 284. The molecular weight excluding hydrogens is 228 g/mol. The summed E-state index contributed by atoms with van der Waals surface area (Å²) in [5.74, 6) is -1.45. The van der Waals surface area contributed by atoms with Gasteiger partial charge in [0.15, 0.2) is 0 Å². The molecule has 6 nitrogen and oxygen atoms in total. The zero-order chi connectivity index (χ0) is 13.1. The van der Waals surface area contributed by atoms with Crippen molar-refractivity contribution < 1.29 is 28.6 Å². The summed E-state index contributed by atoms with van der Waals surface area (Å²) in [6.07, 6.45) is 1.45. The van der Waals surface area contributed by atoms with Gasteiger partial charge in [-0.2, -0.15) is 0 Å². The van der Waals surface area contributed by atoms with Crippen LogP contribution < -0.4 is 0 Å². The van der Waals surface area contributed by atoms with Crippen LogP contribution in [0.2, 0.25) is 0 Å². The molecule has 0 aliphatic rings. The zero-order valence-electron chi connectivity index (χ0n) is 9.77. The molecule has 0 unspecified atom stereocenters. The Labute approximate surface area is 99.5 Å². The second-order valence-electron chi connectivity index (χ2n) is 3.02. The lowest BCUT2D eigenvalue weighted by Gasteiger charge is -2.04. The van der Waals surface area contributed by atoms with Crippen LogP contribution in [0.3, 0.4) is 0 Å². The van der Waals surface area contributed by atoms with Gasteiger partial charge in [0.2, 0.25) is 0 Å². The van der Waals surface area contributed by atoms with Crippen LogP contribution in [0.25, 0.3) is 0 Å². The molecule has 0 amide bonds. The highest BCUT2D eigenvalue weighted by Gasteiger charge is 2.07.